The van der Waals surface area contributed by atoms with Gasteiger partial charge >= 0.3 is 0 Å². The second kappa shape index (κ2) is 9.48. The molecular formula is C25H24N4O3. The normalized spacial score (nSPS) is 14.2. The molecule has 1 aromatic carbocycles. The highest BCUT2D eigenvalue weighted by Gasteiger charge is 2.22. The van der Waals surface area contributed by atoms with Crippen LogP contribution in [0.2, 0.25) is 0 Å². The van der Waals surface area contributed by atoms with Crippen LogP contribution >= 0.6 is 0 Å². The number of nitriles is 1. The van der Waals surface area contributed by atoms with E-state index in [2.05, 4.69) is 11.9 Å². The van der Waals surface area contributed by atoms with E-state index in [1.54, 1.807) is 29.3 Å². The third kappa shape index (κ3) is 4.40. The maximum atomic E-state index is 13.3. The summed E-state index contributed by atoms with van der Waals surface area (Å²) in [5.41, 5.74) is 1.12. The summed E-state index contributed by atoms with van der Waals surface area (Å²) in [7, 11) is 0. The van der Waals surface area contributed by atoms with Gasteiger partial charge in [-0.15, -0.1) is 0 Å². The van der Waals surface area contributed by atoms with Crippen molar-refractivity contribution < 1.29 is 9.53 Å². The van der Waals surface area contributed by atoms with E-state index >= 15 is 0 Å². The van der Waals surface area contributed by atoms with E-state index in [0.717, 1.165) is 31.2 Å². The number of piperidine rings is 1. The number of pyridine rings is 1. The van der Waals surface area contributed by atoms with Gasteiger partial charge in [0.25, 0.3) is 11.5 Å². The summed E-state index contributed by atoms with van der Waals surface area (Å²) in [4.78, 5) is 32.3. The van der Waals surface area contributed by atoms with E-state index in [1.165, 1.54) is 10.5 Å². The Morgan fingerprint density at radius 2 is 1.91 bits per heavy atom. The van der Waals surface area contributed by atoms with Crippen LogP contribution in [-0.4, -0.2) is 33.3 Å². The molecule has 0 atom stereocenters. The second-order valence-corrected chi connectivity index (χ2v) is 7.69. The van der Waals surface area contributed by atoms with E-state index in [9.17, 15) is 14.9 Å². The van der Waals surface area contributed by atoms with Crippen LogP contribution in [0.15, 0.2) is 59.0 Å². The summed E-state index contributed by atoms with van der Waals surface area (Å²) in [6, 6.07) is 14.7. The van der Waals surface area contributed by atoms with E-state index < -0.39 is 5.56 Å². The maximum absolute atomic E-state index is 13.3. The van der Waals surface area contributed by atoms with Crippen LogP contribution in [0.5, 0.6) is 11.6 Å². The number of benzene rings is 1. The smallest absolute Gasteiger partial charge is 0.269 e. The average molecular weight is 428 g/mol. The molecule has 0 bridgehead atoms. The van der Waals surface area contributed by atoms with Crippen molar-refractivity contribution in [3.8, 4) is 17.7 Å². The number of fused-ring (bicyclic) bond motifs is 1. The van der Waals surface area contributed by atoms with Crippen molar-refractivity contribution in [2.45, 2.75) is 32.6 Å². The molecule has 7 heteroatoms. The van der Waals surface area contributed by atoms with Crippen molar-refractivity contribution in [3.63, 3.8) is 0 Å². The lowest BCUT2D eigenvalue weighted by Gasteiger charge is -2.26. The first kappa shape index (κ1) is 21.3. The van der Waals surface area contributed by atoms with Crippen molar-refractivity contribution >= 4 is 17.6 Å². The molecule has 3 aromatic rings. The van der Waals surface area contributed by atoms with Crippen LogP contribution < -0.4 is 10.3 Å². The third-order valence-electron chi connectivity index (χ3n) is 5.56. The molecule has 2 aromatic heterocycles. The van der Waals surface area contributed by atoms with Crippen LogP contribution in [0, 0.1) is 11.3 Å². The molecule has 0 aliphatic carbocycles. The number of carbonyl (C=O) groups excluding carboxylic acids is 1. The Morgan fingerprint density at radius 1 is 1.16 bits per heavy atom. The Labute approximate surface area is 186 Å². The molecule has 32 heavy (non-hydrogen) atoms. The number of hydrogen-bond acceptors (Lipinski definition) is 5. The summed E-state index contributed by atoms with van der Waals surface area (Å²) >= 11 is 0. The van der Waals surface area contributed by atoms with Crippen LogP contribution in [0.25, 0.3) is 11.7 Å². The first-order valence-electron chi connectivity index (χ1n) is 10.8. The van der Waals surface area contributed by atoms with Gasteiger partial charge in [0.05, 0.1) is 0 Å². The zero-order chi connectivity index (χ0) is 22.5. The van der Waals surface area contributed by atoms with Gasteiger partial charge in [-0.3, -0.25) is 14.0 Å². The van der Waals surface area contributed by atoms with Gasteiger partial charge in [0.15, 0.2) is 0 Å². The highest BCUT2D eigenvalue weighted by molar-refractivity contribution is 6.02. The fraction of sp³-hybridized carbons (Fsp3) is 0.280. The van der Waals surface area contributed by atoms with Gasteiger partial charge < -0.3 is 9.64 Å². The van der Waals surface area contributed by atoms with Gasteiger partial charge in [-0.05, 0) is 61.6 Å². The van der Waals surface area contributed by atoms with Crippen LogP contribution in [-0.2, 0) is 11.2 Å². The first-order valence-corrected chi connectivity index (χ1v) is 10.8. The SMILES string of the molecule is CCc1ccc(Oc2nc3ccccn3c(=O)c2/C=C(\C#N)C(=O)N2CCCCC2)cc1. The monoisotopic (exact) mass is 428 g/mol. The van der Waals surface area contributed by atoms with Gasteiger partial charge in [0.2, 0.25) is 5.88 Å². The molecule has 162 valence electrons. The Hall–Kier alpha value is -3.92. The number of nitrogens with zero attached hydrogens (tertiary/aromatic N) is 4. The van der Waals surface area contributed by atoms with Crippen molar-refractivity contribution in [1.82, 2.24) is 14.3 Å². The minimum absolute atomic E-state index is 0.0599. The largest absolute Gasteiger partial charge is 0.438 e. The number of aryl methyl sites for hydroxylation is 1. The number of likely N-dealkylation sites (tertiary alicyclic amines) is 1. The molecule has 4 rings (SSSR count). The summed E-state index contributed by atoms with van der Waals surface area (Å²) < 4.78 is 7.34. The number of rotatable bonds is 5. The number of ether oxygens (including phenoxy) is 1. The summed E-state index contributed by atoms with van der Waals surface area (Å²) in [5, 5.41) is 9.70. The molecule has 1 fully saturated rings. The predicted octanol–water partition coefficient (Wildman–Crippen LogP) is 3.97. The summed E-state index contributed by atoms with van der Waals surface area (Å²) in [5.74, 6) is 0.206. The molecule has 0 unspecified atom stereocenters. The van der Waals surface area contributed by atoms with Crippen LogP contribution in [0.3, 0.4) is 0 Å². The molecule has 0 saturated carbocycles. The minimum atomic E-state index is -0.407. The standard InChI is InChI=1S/C25H24N4O3/c1-2-18-9-11-20(12-10-18)32-23-21(25(31)29-15-7-4-8-22(29)27-23)16-19(17-26)24(30)28-13-5-3-6-14-28/h4,7-12,15-16H,2-3,5-6,13-14H2,1H3/b19-16+. The summed E-state index contributed by atoms with van der Waals surface area (Å²) in [6.45, 7) is 3.28. The van der Waals surface area contributed by atoms with Gasteiger partial charge in [-0.1, -0.05) is 25.1 Å². The second-order valence-electron chi connectivity index (χ2n) is 7.69. The molecule has 1 amide bonds. The first-order chi connectivity index (χ1) is 15.6. The molecule has 3 heterocycles. The van der Waals surface area contributed by atoms with Gasteiger partial charge in [-0.25, -0.2) is 0 Å². The number of hydrogen-bond donors (Lipinski definition) is 0. The summed E-state index contributed by atoms with van der Waals surface area (Å²) in [6.07, 6.45) is 6.69. The van der Waals surface area contributed by atoms with Crippen molar-refractivity contribution in [3.05, 3.63) is 75.7 Å². The van der Waals surface area contributed by atoms with Gasteiger partial charge in [-0.2, -0.15) is 10.2 Å². The Morgan fingerprint density at radius 3 is 2.59 bits per heavy atom. The van der Waals surface area contributed by atoms with Crippen molar-refractivity contribution in [2.75, 3.05) is 13.1 Å². The molecule has 1 aliphatic heterocycles. The zero-order valence-corrected chi connectivity index (χ0v) is 18.0. The van der Waals surface area contributed by atoms with Gasteiger partial charge in [0, 0.05) is 19.3 Å². The highest BCUT2D eigenvalue weighted by Crippen LogP contribution is 2.25. The number of amides is 1. The number of carbonyl (C=O) groups is 1. The fourth-order valence-electron chi connectivity index (χ4n) is 3.74. The minimum Gasteiger partial charge on any atom is -0.438 e. The molecule has 7 nitrogen and oxygen atoms in total. The fourth-order valence-corrected chi connectivity index (χ4v) is 3.74. The average Bonchev–Trinajstić information content (AvgIpc) is 2.84. The Bertz CT molecular complexity index is 1260. The molecule has 1 saturated heterocycles. The predicted molar refractivity (Wildman–Crippen MR) is 121 cm³/mol. The quantitative estimate of drug-likeness (QED) is 0.453. The topological polar surface area (TPSA) is 87.7 Å². The molecule has 1 aliphatic rings. The van der Waals surface area contributed by atoms with E-state index in [4.69, 9.17) is 4.74 Å². The van der Waals surface area contributed by atoms with Gasteiger partial charge in [0.1, 0.15) is 28.6 Å². The Kier molecular flexibility index (Phi) is 6.31. The van der Waals surface area contributed by atoms with E-state index in [1.807, 2.05) is 30.3 Å². The molecule has 0 radical (unpaired) electrons. The lowest BCUT2D eigenvalue weighted by molar-refractivity contribution is -0.127. The molecule has 0 N–H and O–H groups in total. The van der Waals surface area contributed by atoms with Crippen LogP contribution in [0.4, 0.5) is 0 Å². The van der Waals surface area contributed by atoms with Crippen molar-refractivity contribution in [2.24, 2.45) is 0 Å². The van der Waals surface area contributed by atoms with E-state index in [-0.39, 0.29) is 22.9 Å². The van der Waals surface area contributed by atoms with Crippen LogP contribution in [0.1, 0.15) is 37.3 Å². The number of aromatic nitrogens is 2. The molecule has 0 spiro atoms. The maximum Gasteiger partial charge on any atom is 0.269 e. The highest BCUT2D eigenvalue weighted by atomic mass is 16.5. The Balaban J connectivity index is 1.80. The van der Waals surface area contributed by atoms with Crippen molar-refractivity contribution in [1.29, 1.82) is 5.26 Å². The van der Waals surface area contributed by atoms with E-state index in [0.29, 0.717) is 24.5 Å². The third-order valence-corrected chi connectivity index (χ3v) is 5.56. The lowest BCUT2D eigenvalue weighted by Crippen LogP contribution is -2.36. The molecular weight excluding hydrogens is 404 g/mol. The lowest BCUT2D eigenvalue weighted by atomic mass is 10.1. The zero-order valence-electron chi connectivity index (χ0n) is 18.0.